The summed E-state index contributed by atoms with van der Waals surface area (Å²) in [6, 6.07) is 22.3. The van der Waals surface area contributed by atoms with Gasteiger partial charge in [0.15, 0.2) is 6.54 Å². The molecule has 0 aliphatic carbocycles. The molecule has 3 aromatic rings. The number of halogens is 1. The Balaban J connectivity index is 1.52. The molecule has 0 saturated heterocycles. The molecule has 0 aromatic heterocycles. The second-order valence-corrected chi connectivity index (χ2v) is 6.84. The molecule has 0 fully saturated rings. The van der Waals surface area contributed by atoms with Crippen molar-refractivity contribution in [2.45, 2.75) is 13.1 Å². The molecule has 128 valence electrons. The van der Waals surface area contributed by atoms with Gasteiger partial charge in [0, 0.05) is 17.1 Å². The van der Waals surface area contributed by atoms with E-state index in [1.807, 2.05) is 43.4 Å². The van der Waals surface area contributed by atoms with Crippen molar-refractivity contribution in [2.75, 3.05) is 13.6 Å². The van der Waals surface area contributed by atoms with Gasteiger partial charge < -0.3 is 10.2 Å². The molecule has 3 nitrogen and oxygen atoms in total. The zero-order chi connectivity index (χ0) is 17.6. The van der Waals surface area contributed by atoms with Crippen LogP contribution in [0.1, 0.15) is 11.1 Å². The minimum atomic E-state index is 0.0401. The Labute approximate surface area is 153 Å². The average Bonchev–Trinajstić information content (AvgIpc) is 2.60. The molecule has 25 heavy (non-hydrogen) atoms. The van der Waals surface area contributed by atoms with Crippen LogP contribution in [-0.2, 0) is 17.9 Å². The van der Waals surface area contributed by atoms with Crippen LogP contribution in [0, 0.1) is 0 Å². The maximum absolute atomic E-state index is 12.1. The summed E-state index contributed by atoms with van der Waals surface area (Å²) in [4.78, 5) is 13.3. The predicted octanol–water partition coefficient (Wildman–Crippen LogP) is 2.82. The summed E-state index contributed by atoms with van der Waals surface area (Å²) >= 11 is 5.96. The van der Waals surface area contributed by atoms with E-state index < -0.39 is 0 Å². The Morgan fingerprint density at radius 3 is 2.56 bits per heavy atom. The van der Waals surface area contributed by atoms with Crippen molar-refractivity contribution in [1.82, 2.24) is 5.32 Å². The number of hydrogen-bond acceptors (Lipinski definition) is 1. The third-order valence-corrected chi connectivity index (χ3v) is 4.40. The molecular weight excluding hydrogens is 332 g/mol. The fourth-order valence-electron chi connectivity index (χ4n) is 2.94. The number of carbonyl (C=O) groups excluding carboxylic acids is 1. The van der Waals surface area contributed by atoms with Crippen molar-refractivity contribution in [3.05, 3.63) is 82.9 Å². The summed E-state index contributed by atoms with van der Waals surface area (Å²) in [6.07, 6.45) is 0. The van der Waals surface area contributed by atoms with Crippen LogP contribution < -0.4 is 10.2 Å². The highest BCUT2D eigenvalue weighted by Crippen LogP contribution is 2.15. The van der Waals surface area contributed by atoms with E-state index in [4.69, 9.17) is 11.6 Å². The Hall–Kier alpha value is -2.36. The van der Waals surface area contributed by atoms with E-state index in [1.54, 1.807) is 0 Å². The number of carbonyl (C=O) groups is 1. The zero-order valence-corrected chi connectivity index (χ0v) is 15.0. The van der Waals surface area contributed by atoms with Crippen molar-refractivity contribution in [1.29, 1.82) is 0 Å². The second kappa shape index (κ2) is 8.15. The molecule has 0 aliphatic rings. The normalized spacial score (nSPS) is 12.1. The number of likely N-dealkylation sites (N-methyl/N-ethyl adjacent to an activating group) is 1. The molecule has 0 heterocycles. The fourth-order valence-corrected chi connectivity index (χ4v) is 3.16. The molecule has 1 unspecified atom stereocenters. The zero-order valence-electron chi connectivity index (χ0n) is 14.3. The van der Waals surface area contributed by atoms with Gasteiger partial charge in [-0.3, -0.25) is 4.79 Å². The largest absolute Gasteiger partial charge is 0.347 e. The first-order chi connectivity index (χ1) is 12.1. The maximum Gasteiger partial charge on any atom is 0.275 e. The van der Waals surface area contributed by atoms with Gasteiger partial charge in [0.1, 0.15) is 6.54 Å². The van der Waals surface area contributed by atoms with Gasteiger partial charge in [0.05, 0.1) is 7.05 Å². The van der Waals surface area contributed by atoms with Crippen LogP contribution in [0.2, 0.25) is 5.02 Å². The van der Waals surface area contributed by atoms with Gasteiger partial charge in [-0.25, -0.2) is 0 Å². The van der Waals surface area contributed by atoms with E-state index in [-0.39, 0.29) is 5.91 Å². The van der Waals surface area contributed by atoms with Crippen molar-refractivity contribution < 1.29 is 9.69 Å². The Morgan fingerprint density at radius 2 is 1.76 bits per heavy atom. The first-order valence-corrected chi connectivity index (χ1v) is 8.78. The van der Waals surface area contributed by atoms with Gasteiger partial charge in [-0.1, -0.05) is 60.1 Å². The Kier molecular flexibility index (Phi) is 5.69. The van der Waals surface area contributed by atoms with E-state index in [0.29, 0.717) is 18.1 Å². The number of nitrogens with one attached hydrogen (secondary N) is 2. The summed E-state index contributed by atoms with van der Waals surface area (Å²) in [5, 5.41) is 6.11. The summed E-state index contributed by atoms with van der Waals surface area (Å²) in [5.41, 5.74) is 2.24. The smallest absolute Gasteiger partial charge is 0.275 e. The standard InChI is InChI=1S/C21H21ClN2O/c1-24(14-17-9-10-18-6-2-3-7-19(18)11-17)15-21(25)23-13-16-5-4-8-20(22)12-16/h2-12H,13-15H2,1H3,(H,23,25)/p+1. The van der Waals surface area contributed by atoms with E-state index >= 15 is 0 Å². The van der Waals surface area contributed by atoms with Crippen LogP contribution in [0.3, 0.4) is 0 Å². The lowest BCUT2D eigenvalue weighted by atomic mass is 10.1. The molecular formula is C21H22ClN2O+. The first-order valence-electron chi connectivity index (χ1n) is 8.40. The molecule has 2 N–H and O–H groups in total. The predicted molar refractivity (Wildman–Crippen MR) is 103 cm³/mol. The minimum Gasteiger partial charge on any atom is -0.347 e. The van der Waals surface area contributed by atoms with Crippen LogP contribution >= 0.6 is 11.6 Å². The quantitative estimate of drug-likeness (QED) is 0.702. The number of quaternary nitrogens is 1. The van der Waals surface area contributed by atoms with Gasteiger partial charge in [0.2, 0.25) is 0 Å². The molecule has 0 spiro atoms. The SMILES string of the molecule is C[NH+](CC(=O)NCc1cccc(Cl)c1)Cc1ccc2ccccc2c1. The van der Waals surface area contributed by atoms with Crippen molar-refractivity contribution in [3.8, 4) is 0 Å². The van der Waals surface area contributed by atoms with Crippen LogP contribution in [0.15, 0.2) is 66.7 Å². The van der Waals surface area contributed by atoms with Crippen LogP contribution in [0.4, 0.5) is 0 Å². The van der Waals surface area contributed by atoms with Gasteiger partial charge in [-0.2, -0.15) is 0 Å². The molecule has 0 bridgehead atoms. The summed E-state index contributed by atoms with van der Waals surface area (Å²) < 4.78 is 0. The highest BCUT2D eigenvalue weighted by Gasteiger charge is 2.10. The van der Waals surface area contributed by atoms with Gasteiger partial charge in [0.25, 0.3) is 5.91 Å². The molecule has 0 radical (unpaired) electrons. The highest BCUT2D eigenvalue weighted by atomic mass is 35.5. The van der Waals surface area contributed by atoms with Gasteiger partial charge in [-0.05, 0) is 34.5 Å². The Bertz CT molecular complexity index is 878. The highest BCUT2D eigenvalue weighted by molar-refractivity contribution is 6.30. The lowest BCUT2D eigenvalue weighted by Gasteiger charge is -2.14. The van der Waals surface area contributed by atoms with Crippen LogP contribution in [-0.4, -0.2) is 19.5 Å². The first kappa shape index (κ1) is 17.5. The molecule has 1 amide bonds. The van der Waals surface area contributed by atoms with E-state index in [9.17, 15) is 4.79 Å². The number of fused-ring (bicyclic) bond motifs is 1. The molecule has 0 saturated carbocycles. The minimum absolute atomic E-state index is 0.0401. The molecule has 4 heteroatoms. The third-order valence-electron chi connectivity index (χ3n) is 4.16. The lowest BCUT2D eigenvalue weighted by molar-refractivity contribution is -0.885. The summed E-state index contributed by atoms with van der Waals surface area (Å²) in [6.45, 7) is 1.76. The number of hydrogen-bond donors (Lipinski definition) is 2. The van der Waals surface area contributed by atoms with E-state index in [2.05, 4.69) is 35.6 Å². The van der Waals surface area contributed by atoms with Crippen LogP contribution in [0.25, 0.3) is 10.8 Å². The van der Waals surface area contributed by atoms with Crippen molar-refractivity contribution in [2.24, 2.45) is 0 Å². The Morgan fingerprint density at radius 1 is 0.960 bits per heavy atom. The molecule has 0 aliphatic heterocycles. The van der Waals surface area contributed by atoms with Crippen LogP contribution in [0.5, 0.6) is 0 Å². The van der Waals surface area contributed by atoms with E-state index in [1.165, 1.54) is 16.3 Å². The lowest BCUT2D eigenvalue weighted by Crippen LogP contribution is -3.08. The average molecular weight is 354 g/mol. The number of amides is 1. The summed E-state index contributed by atoms with van der Waals surface area (Å²) in [5.74, 6) is 0.0401. The number of benzene rings is 3. The number of rotatable bonds is 6. The maximum atomic E-state index is 12.1. The van der Waals surface area contributed by atoms with Crippen molar-refractivity contribution in [3.63, 3.8) is 0 Å². The fraction of sp³-hybridized carbons (Fsp3) is 0.190. The monoisotopic (exact) mass is 353 g/mol. The van der Waals surface area contributed by atoms with Crippen molar-refractivity contribution >= 4 is 28.3 Å². The molecule has 1 atom stereocenters. The van der Waals surface area contributed by atoms with Gasteiger partial charge >= 0.3 is 0 Å². The topological polar surface area (TPSA) is 33.5 Å². The van der Waals surface area contributed by atoms with E-state index in [0.717, 1.165) is 17.0 Å². The second-order valence-electron chi connectivity index (χ2n) is 6.40. The van der Waals surface area contributed by atoms with Gasteiger partial charge in [-0.15, -0.1) is 0 Å². The molecule has 3 aromatic carbocycles. The molecule has 3 rings (SSSR count). The summed E-state index contributed by atoms with van der Waals surface area (Å²) in [7, 11) is 2.04. The third kappa shape index (κ3) is 5.05.